The molecule has 0 aliphatic carbocycles. The second kappa shape index (κ2) is 9.86. The molecule has 22 heavy (non-hydrogen) atoms. The lowest BCUT2D eigenvalue weighted by Crippen LogP contribution is -3.00. The molecule has 0 N–H and O–H groups in total. The number of quaternary nitrogens is 1. The molecule has 0 radical (unpaired) electrons. The normalized spacial score (nSPS) is 11.0. The molecule has 0 spiro atoms. The molecule has 0 fully saturated rings. The van der Waals surface area contributed by atoms with Crippen LogP contribution in [0.5, 0.6) is 0 Å². The number of nitrogens with zero attached hydrogens (tertiary/aromatic N) is 2. The monoisotopic (exact) mass is 326 g/mol. The van der Waals surface area contributed by atoms with Crippen LogP contribution >= 0.6 is 0 Å². The van der Waals surface area contributed by atoms with Crippen LogP contribution in [0.25, 0.3) is 0 Å². The number of hydrogen-bond acceptors (Lipinski definition) is 1. The molecule has 1 amide bonds. The molecule has 1 aromatic rings. The summed E-state index contributed by atoms with van der Waals surface area (Å²) in [6.45, 7) is 16.8. The van der Waals surface area contributed by atoms with E-state index < -0.39 is 0 Å². The predicted molar refractivity (Wildman–Crippen MR) is 89.3 cm³/mol. The topological polar surface area (TPSA) is 20.3 Å². The van der Waals surface area contributed by atoms with Gasteiger partial charge in [0, 0.05) is 24.2 Å². The fraction of sp³-hybridized carbons (Fsp3) is 0.611. The SMILES string of the molecule is CCN(CC)C(=O)c1ccc(C[N+](CC)(CC)CC)cc1.[Cl-]. The lowest BCUT2D eigenvalue weighted by molar-refractivity contribution is -0.936. The molecule has 1 aromatic carbocycles. The van der Waals surface area contributed by atoms with Gasteiger partial charge in [0.05, 0.1) is 19.6 Å². The minimum absolute atomic E-state index is 0. The molecule has 0 bridgehead atoms. The number of carbonyl (C=O) groups excluding carboxylic acids is 1. The van der Waals surface area contributed by atoms with Gasteiger partial charge in [-0.3, -0.25) is 4.79 Å². The number of hydrogen-bond donors (Lipinski definition) is 0. The number of rotatable bonds is 8. The molecule has 126 valence electrons. The largest absolute Gasteiger partial charge is 1.00 e. The van der Waals surface area contributed by atoms with E-state index in [1.807, 2.05) is 30.9 Å². The molecule has 3 nitrogen and oxygen atoms in total. The second-order valence-corrected chi connectivity index (χ2v) is 5.62. The van der Waals surface area contributed by atoms with Crippen LogP contribution in [0.4, 0.5) is 0 Å². The Morgan fingerprint density at radius 1 is 0.909 bits per heavy atom. The zero-order valence-electron chi connectivity index (χ0n) is 14.7. The Balaban J connectivity index is 0.00000441. The molecule has 0 saturated heterocycles. The summed E-state index contributed by atoms with van der Waals surface area (Å²) in [7, 11) is 0. The molecule has 0 aliphatic rings. The van der Waals surface area contributed by atoms with E-state index >= 15 is 0 Å². The zero-order valence-corrected chi connectivity index (χ0v) is 15.5. The second-order valence-electron chi connectivity index (χ2n) is 5.62. The van der Waals surface area contributed by atoms with E-state index in [-0.39, 0.29) is 18.3 Å². The van der Waals surface area contributed by atoms with E-state index in [0.717, 1.165) is 49.3 Å². The number of halogens is 1. The Hall–Kier alpha value is -1.06. The number of amides is 1. The third-order valence-corrected chi connectivity index (χ3v) is 4.78. The highest BCUT2D eigenvalue weighted by atomic mass is 35.5. The van der Waals surface area contributed by atoms with Crippen molar-refractivity contribution in [3.63, 3.8) is 0 Å². The van der Waals surface area contributed by atoms with Crippen molar-refractivity contribution in [2.24, 2.45) is 0 Å². The summed E-state index contributed by atoms with van der Waals surface area (Å²) < 4.78 is 1.10. The van der Waals surface area contributed by atoms with Crippen LogP contribution in [-0.4, -0.2) is 48.0 Å². The number of carbonyl (C=O) groups is 1. The van der Waals surface area contributed by atoms with Gasteiger partial charge in [-0.15, -0.1) is 0 Å². The average molecular weight is 327 g/mol. The summed E-state index contributed by atoms with van der Waals surface area (Å²) in [5.41, 5.74) is 2.11. The van der Waals surface area contributed by atoms with Gasteiger partial charge in [0.25, 0.3) is 5.91 Å². The fourth-order valence-electron chi connectivity index (χ4n) is 2.84. The fourth-order valence-corrected chi connectivity index (χ4v) is 2.84. The maximum atomic E-state index is 12.3. The first kappa shape index (κ1) is 20.9. The maximum absolute atomic E-state index is 12.3. The van der Waals surface area contributed by atoms with Gasteiger partial charge in [-0.1, -0.05) is 12.1 Å². The van der Waals surface area contributed by atoms with E-state index in [9.17, 15) is 4.79 Å². The van der Waals surface area contributed by atoms with E-state index in [4.69, 9.17) is 0 Å². The van der Waals surface area contributed by atoms with Gasteiger partial charge >= 0.3 is 0 Å². The lowest BCUT2D eigenvalue weighted by Gasteiger charge is -2.36. The van der Waals surface area contributed by atoms with Gasteiger partial charge in [-0.05, 0) is 46.8 Å². The Bertz CT molecular complexity index is 429. The number of benzene rings is 1. The molecule has 0 heterocycles. The summed E-state index contributed by atoms with van der Waals surface area (Å²) in [5, 5.41) is 0. The summed E-state index contributed by atoms with van der Waals surface area (Å²) in [6, 6.07) is 8.19. The summed E-state index contributed by atoms with van der Waals surface area (Å²) in [4.78, 5) is 14.2. The highest BCUT2D eigenvalue weighted by molar-refractivity contribution is 5.94. The van der Waals surface area contributed by atoms with Gasteiger partial charge in [0.2, 0.25) is 0 Å². The van der Waals surface area contributed by atoms with Crippen LogP contribution in [0.1, 0.15) is 50.5 Å². The standard InChI is InChI=1S/C18H31N2O.ClH/c1-6-19(7-2)18(21)17-13-11-16(12-14-17)15-20(8-3,9-4)10-5;/h11-14H,6-10,15H2,1-5H3;1H/q+1;/p-1. The molecule has 1 rings (SSSR count). The first-order chi connectivity index (χ1) is 10.1. The predicted octanol–water partition coefficient (Wildman–Crippen LogP) is 0.549. The van der Waals surface area contributed by atoms with Crippen LogP contribution in [-0.2, 0) is 6.54 Å². The summed E-state index contributed by atoms with van der Waals surface area (Å²) in [6.07, 6.45) is 0. The highest BCUT2D eigenvalue weighted by Crippen LogP contribution is 2.15. The van der Waals surface area contributed by atoms with Crippen molar-refractivity contribution < 1.29 is 21.7 Å². The Morgan fingerprint density at radius 3 is 1.73 bits per heavy atom. The molecular formula is C18H31ClN2O. The molecular weight excluding hydrogens is 296 g/mol. The Morgan fingerprint density at radius 2 is 1.36 bits per heavy atom. The van der Waals surface area contributed by atoms with Gasteiger partial charge < -0.3 is 21.8 Å². The first-order valence-electron chi connectivity index (χ1n) is 8.29. The van der Waals surface area contributed by atoms with E-state index in [0.29, 0.717) is 0 Å². The maximum Gasteiger partial charge on any atom is 0.253 e. The van der Waals surface area contributed by atoms with Crippen LogP contribution in [0.15, 0.2) is 24.3 Å². The van der Waals surface area contributed by atoms with E-state index in [2.05, 4.69) is 32.9 Å². The smallest absolute Gasteiger partial charge is 0.253 e. The molecule has 0 saturated carbocycles. The molecule has 0 aliphatic heterocycles. The van der Waals surface area contributed by atoms with E-state index in [1.165, 1.54) is 5.56 Å². The summed E-state index contributed by atoms with van der Waals surface area (Å²) >= 11 is 0. The minimum atomic E-state index is 0. The third kappa shape index (κ3) is 4.99. The van der Waals surface area contributed by atoms with Crippen molar-refractivity contribution in [3.8, 4) is 0 Å². The minimum Gasteiger partial charge on any atom is -1.00 e. The van der Waals surface area contributed by atoms with Crippen LogP contribution in [0.2, 0.25) is 0 Å². The van der Waals surface area contributed by atoms with Crippen molar-refractivity contribution in [2.75, 3.05) is 32.7 Å². The zero-order chi connectivity index (χ0) is 15.9. The van der Waals surface area contributed by atoms with Crippen LogP contribution < -0.4 is 12.4 Å². The average Bonchev–Trinajstić information content (AvgIpc) is 2.54. The molecule has 0 aromatic heterocycles. The quantitative estimate of drug-likeness (QED) is 0.639. The Kier molecular flexibility index (Phi) is 9.38. The molecule has 0 unspecified atom stereocenters. The van der Waals surface area contributed by atoms with Crippen molar-refractivity contribution in [1.82, 2.24) is 4.90 Å². The van der Waals surface area contributed by atoms with Crippen molar-refractivity contribution in [2.45, 2.75) is 41.2 Å². The first-order valence-corrected chi connectivity index (χ1v) is 8.29. The van der Waals surface area contributed by atoms with Gasteiger partial charge in [-0.2, -0.15) is 0 Å². The Labute approximate surface area is 142 Å². The lowest BCUT2D eigenvalue weighted by atomic mass is 10.1. The molecule has 4 heteroatoms. The summed E-state index contributed by atoms with van der Waals surface area (Å²) in [5.74, 6) is 0.133. The van der Waals surface area contributed by atoms with Crippen molar-refractivity contribution in [3.05, 3.63) is 35.4 Å². The van der Waals surface area contributed by atoms with Gasteiger partial charge in [0.15, 0.2) is 0 Å². The highest BCUT2D eigenvalue weighted by Gasteiger charge is 2.21. The van der Waals surface area contributed by atoms with Crippen LogP contribution in [0.3, 0.4) is 0 Å². The van der Waals surface area contributed by atoms with Crippen molar-refractivity contribution >= 4 is 5.91 Å². The van der Waals surface area contributed by atoms with Crippen molar-refractivity contribution in [1.29, 1.82) is 0 Å². The van der Waals surface area contributed by atoms with Gasteiger partial charge in [0.1, 0.15) is 6.54 Å². The molecule has 0 atom stereocenters. The third-order valence-electron chi connectivity index (χ3n) is 4.78. The van der Waals surface area contributed by atoms with E-state index in [1.54, 1.807) is 0 Å². The van der Waals surface area contributed by atoms with Crippen LogP contribution in [0, 0.1) is 0 Å². The van der Waals surface area contributed by atoms with Gasteiger partial charge in [-0.25, -0.2) is 0 Å².